The molecule has 0 unspecified atom stereocenters. The Morgan fingerprint density at radius 3 is 1.71 bits per heavy atom. The Kier molecular flexibility index (Phi) is 6.53. The van der Waals surface area contributed by atoms with Crippen LogP contribution in [0.4, 0.5) is 0 Å². The molecule has 8 aromatic carbocycles. The van der Waals surface area contributed by atoms with E-state index >= 15 is 0 Å². The minimum Gasteiger partial charge on any atom is -0.456 e. The highest BCUT2D eigenvalue weighted by Gasteiger charge is 2.22. The Labute approximate surface area is 320 Å². The van der Waals surface area contributed by atoms with Crippen LogP contribution in [0.5, 0.6) is 0 Å². The Bertz CT molecular complexity index is 3480. The first-order chi connectivity index (χ1) is 27.8. The van der Waals surface area contributed by atoms with E-state index in [-0.39, 0.29) is 0 Å². The van der Waals surface area contributed by atoms with Gasteiger partial charge in [-0.2, -0.15) is 0 Å². The van der Waals surface area contributed by atoms with Crippen LogP contribution in [0.2, 0.25) is 0 Å². The molecular formula is C50H31N5O. The monoisotopic (exact) mass is 717 g/mol. The molecule has 12 aromatic rings. The second kappa shape index (κ2) is 11.9. The molecule has 0 radical (unpaired) electrons. The fourth-order valence-electron chi connectivity index (χ4n) is 8.76. The molecule has 0 amide bonds. The maximum absolute atomic E-state index is 6.40. The summed E-state index contributed by atoms with van der Waals surface area (Å²) < 4.78 is 13.3. The Balaban J connectivity index is 1.08. The van der Waals surface area contributed by atoms with Gasteiger partial charge in [0.05, 0.1) is 27.5 Å². The minimum atomic E-state index is 0.792. The van der Waals surface area contributed by atoms with E-state index in [0.29, 0.717) is 0 Å². The average molecular weight is 718 g/mol. The van der Waals surface area contributed by atoms with Gasteiger partial charge in [-0.3, -0.25) is 4.57 Å². The van der Waals surface area contributed by atoms with Crippen LogP contribution in [0.1, 0.15) is 0 Å². The van der Waals surface area contributed by atoms with Crippen molar-refractivity contribution in [3.63, 3.8) is 0 Å². The van der Waals surface area contributed by atoms with Crippen LogP contribution in [0.3, 0.4) is 0 Å². The van der Waals surface area contributed by atoms with Crippen molar-refractivity contribution < 1.29 is 4.42 Å². The number of aromatic nitrogens is 5. The van der Waals surface area contributed by atoms with Crippen molar-refractivity contribution in [3.8, 4) is 39.8 Å². The topological polar surface area (TPSA) is 53.7 Å². The zero-order chi connectivity index (χ0) is 36.7. The van der Waals surface area contributed by atoms with E-state index in [1.165, 1.54) is 16.2 Å². The fraction of sp³-hybridized carbons (Fsp3) is 0. The molecular weight excluding hydrogens is 687 g/mol. The molecule has 0 aliphatic carbocycles. The van der Waals surface area contributed by atoms with Crippen LogP contribution < -0.4 is 0 Å². The first-order valence-corrected chi connectivity index (χ1v) is 18.8. The maximum atomic E-state index is 6.40. The van der Waals surface area contributed by atoms with E-state index in [4.69, 9.17) is 14.6 Å². The number of nitrogens with zero attached hydrogens (tertiary/aromatic N) is 5. The smallest absolute Gasteiger partial charge is 0.168 e. The van der Waals surface area contributed by atoms with E-state index in [2.05, 4.69) is 171 Å². The number of benzene rings is 8. The zero-order valence-electron chi connectivity index (χ0n) is 30.0. The number of furan rings is 1. The largest absolute Gasteiger partial charge is 0.456 e. The van der Waals surface area contributed by atoms with Gasteiger partial charge in [0.15, 0.2) is 11.6 Å². The third-order valence-corrected chi connectivity index (χ3v) is 11.2. The first-order valence-electron chi connectivity index (χ1n) is 18.8. The summed E-state index contributed by atoms with van der Waals surface area (Å²) in [7, 11) is 0. The Morgan fingerprint density at radius 1 is 0.339 bits per heavy atom. The molecule has 12 rings (SSSR count). The van der Waals surface area contributed by atoms with Crippen LogP contribution in [-0.2, 0) is 0 Å². The average Bonchev–Trinajstić information content (AvgIpc) is 4.03. The summed E-state index contributed by atoms with van der Waals surface area (Å²) in [6.07, 6.45) is 0. The standard InChI is InChI=1S/C50H31N5O/c1-3-14-32(15-4-1)49-51-52-50(55(49)34-16-5-2-6-17-34)33-26-28-44-41(30-33)38-21-8-10-23-42(38)53(44)35-18-13-19-36(31-35)54-43-24-11-7-20-37(43)39-27-29-46-47(48(39)54)40-22-9-12-25-45(40)56-46/h1-31H. The predicted molar refractivity (Wildman–Crippen MR) is 228 cm³/mol. The molecule has 0 spiro atoms. The van der Waals surface area contributed by atoms with Gasteiger partial charge in [-0.05, 0) is 78.9 Å². The number of para-hydroxylation sites is 4. The fourth-order valence-corrected chi connectivity index (χ4v) is 8.76. The van der Waals surface area contributed by atoms with Gasteiger partial charge in [0.2, 0.25) is 0 Å². The second-order valence-electron chi connectivity index (χ2n) is 14.3. The van der Waals surface area contributed by atoms with Gasteiger partial charge >= 0.3 is 0 Å². The summed E-state index contributed by atoms with van der Waals surface area (Å²) in [6.45, 7) is 0. The summed E-state index contributed by atoms with van der Waals surface area (Å²) >= 11 is 0. The summed E-state index contributed by atoms with van der Waals surface area (Å²) in [5.41, 5.74) is 11.5. The second-order valence-corrected chi connectivity index (χ2v) is 14.3. The minimum absolute atomic E-state index is 0.792. The van der Waals surface area contributed by atoms with Gasteiger partial charge in [0.25, 0.3) is 0 Å². The maximum Gasteiger partial charge on any atom is 0.168 e. The molecule has 56 heavy (non-hydrogen) atoms. The molecule has 0 atom stereocenters. The summed E-state index contributed by atoms with van der Waals surface area (Å²) in [5, 5.41) is 16.5. The van der Waals surface area contributed by atoms with Gasteiger partial charge < -0.3 is 13.6 Å². The lowest BCUT2D eigenvalue weighted by atomic mass is 10.1. The number of fused-ring (bicyclic) bond motifs is 10. The van der Waals surface area contributed by atoms with Crippen molar-refractivity contribution in [2.75, 3.05) is 0 Å². The van der Waals surface area contributed by atoms with Crippen molar-refractivity contribution in [1.82, 2.24) is 23.9 Å². The van der Waals surface area contributed by atoms with Crippen molar-refractivity contribution in [2.45, 2.75) is 0 Å². The van der Waals surface area contributed by atoms with Gasteiger partial charge in [-0.25, -0.2) is 0 Å². The third-order valence-electron chi connectivity index (χ3n) is 11.2. The quantitative estimate of drug-likeness (QED) is 0.178. The lowest BCUT2D eigenvalue weighted by Crippen LogP contribution is -2.00. The van der Waals surface area contributed by atoms with Gasteiger partial charge in [0, 0.05) is 55.1 Å². The van der Waals surface area contributed by atoms with Crippen LogP contribution >= 0.6 is 0 Å². The van der Waals surface area contributed by atoms with Gasteiger partial charge in [0.1, 0.15) is 11.2 Å². The highest BCUT2D eigenvalue weighted by Crippen LogP contribution is 2.42. The van der Waals surface area contributed by atoms with Crippen LogP contribution in [-0.4, -0.2) is 23.9 Å². The van der Waals surface area contributed by atoms with E-state index < -0.39 is 0 Å². The van der Waals surface area contributed by atoms with Crippen molar-refractivity contribution in [2.24, 2.45) is 0 Å². The van der Waals surface area contributed by atoms with E-state index in [9.17, 15) is 0 Å². The summed E-state index contributed by atoms with van der Waals surface area (Å²) in [4.78, 5) is 0. The summed E-state index contributed by atoms with van der Waals surface area (Å²) in [5.74, 6) is 1.59. The van der Waals surface area contributed by atoms with Crippen LogP contribution in [0, 0.1) is 0 Å². The predicted octanol–water partition coefficient (Wildman–Crippen LogP) is 12.7. The summed E-state index contributed by atoms with van der Waals surface area (Å²) in [6, 6.07) is 66.2. The van der Waals surface area contributed by atoms with Crippen LogP contribution in [0.15, 0.2) is 192 Å². The molecule has 6 nitrogen and oxygen atoms in total. The van der Waals surface area contributed by atoms with E-state index in [1.807, 2.05) is 30.3 Å². The molecule has 0 aliphatic heterocycles. The molecule has 262 valence electrons. The third kappa shape index (κ3) is 4.44. The molecule has 0 bridgehead atoms. The highest BCUT2D eigenvalue weighted by molar-refractivity contribution is 6.24. The van der Waals surface area contributed by atoms with Gasteiger partial charge in [-0.15, -0.1) is 10.2 Å². The number of hydrogen-bond acceptors (Lipinski definition) is 3. The molecule has 0 saturated carbocycles. The molecule has 0 aliphatic rings. The molecule has 0 saturated heterocycles. The first kappa shape index (κ1) is 30.7. The Morgan fingerprint density at radius 2 is 0.929 bits per heavy atom. The lowest BCUT2D eigenvalue weighted by molar-refractivity contribution is 0.669. The van der Waals surface area contributed by atoms with Gasteiger partial charge in [-0.1, -0.05) is 109 Å². The Hall–Kier alpha value is -7.70. The van der Waals surface area contributed by atoms with Crippen molar-refractivity contribution in [3.05, 3.63) is 188 Å². The highest BCUT2D eigenvalue weighted by atomic mass is 16.3. The lowest BCUT2D eigenvalue weighted by Gasteiger charge is -2.13. The molecule has 4 aromatic heterocycles. The SMILES string of the molecule is c1ccc(-c2nnc(-c3ccc4c(c3)c3ccccc3n4-c3cccc(-n4c5ccccc5c5ccc6oc7ccccc7c6c54)c3)n2-c2ccccc2)cc1. The number of hydrogen-bond donors (Lipinski definition) is 0. The van der Waals surface area contributed by atoms with Crippen molar-refractivity contribution in [1.29, 1.82) is 0 Å². The van der Waals surface area contributed by atoms with E-state index in [1.54, 1.807) is 0 Å². The zero-order valence-corrected chi connectivity index (χ0v) is 30.0. The van der Waals surface area contributed by atoms with Crippen molar-refractivity contribution >= 4 is 65.6 Å². The molecule has 6 heteroatoms. The normalized spacial score (nSPS) is 11.9. The van der Waals surface area contributed by atoms with E-state index in [0.717, 1.165) is 89.2 Å². The molecule has 0 fully saturated rings. The molecule has 4 heterocycles. The van der Waals surface area contributed by atoms with Crippen LogP contribution in [0.25, 0.3) is 105 Å². The molecule has 0 N–H and O–H groups in total. The number of rotatable bonds is 5.